The van der Waals surface area contributed by atoms with Crippen LogP contribution in [0.15, 0.2) is 22.9 Å². The summed E-state index contributed by atoms with van der Waals surface area (Å²) in [6, 6.07) is 1.33. The predicted octanol–water partition coefficient (Wildman–Crippen LogP) is 2.30. The van der Waals surface area contributed by atoms with E-state index in [1.54, 1.807) is 12.4 Å². The summed E-state index contributed by atoms with van der Waals surface area (Å²) in [6.07, 6.45) is 3.30. The van der Waals surface area contributed by atoms with Gasteiger partial charge in [-0.2, -0.15) is 0 Å². The molecule has 0 fully saturated rings. The van der Waals surface area contributed by atoms with Crippen LogP contribution in [0.25, 0.3) is 5.65 Å². The van der Waals surface area contributed by atoms with Gasteiger partial charge in [-0.25, -0.2) is 9.37 Å². The lowest BCUT2D eigenvalue weighted by atomic mass is 10.4. The van der Waals surface area contributed by atoms with E-state index in [-0.39, 0.29) is 12.3 Å². The molecule has 0 radical (unpaired) electrons. The van der Waals surface area contributed by atoms with Gasteiger partial charge in [-0.05, 0) is 22.0 Å². The summed E-state index contributed by atoms with van der Waals surface area (Å²) in [6.45, 7) is 1.36. The van der Waals surface area contributed by atoms with Crippen molar-refractivity contribution in [3.05, 3.63) is 34.4 Å². The molecule has 0 aromatic carbocycles. The summed E-state index contributed by atoms with van der Waals surface area (Å²) in [4.78, 5) is 14.6. The number of aromatic nitrogens is 2. The van der Waals surface area contributed by atoms with E-state index in [0.717, 1.165) is 0 Å². The first-order valence-electron chi connectivity index (χ1n) is 4.52. The molecule has 0 N–H and O–H groups in total. The molecule has 0 saturated heterocycles. The van der Waals surface area contributed by atoms with Crippen molar-refractivity contribution in [1.82, 2.24) is 9.38 Å². The smallest absolute Gasteiger partial charge is 0.303 e. The van der Waals surface area contributed by atoms with Crippen LogP contribution in [0.5, 0.6) is 0 Å². The Labute approximate surface area is 99.2 Å². The minimum Gasteiger partial charge on any atom is -0.459 e. The molecule has 0 aliphatic rings. The number of carbonyl (C=O) groups excluding carboxylic acids is 1. The number of carbonyl (C=O) groups is 1. The Morgan fingerprint density at radius 1 is 1.62 bits per heavy atom. The highest BCUT2D eigenvalue weighted by Gasteiger charge is 2.08. The average molecular weight is 287 g/mol. The molecule has 0 spiro atoms. The second-order valence-corrected chi connectivity index (χ2v) is 4.17. The van der Waals surface area contributed by atoms with Crippen LogP contribution in [0.3, 0.4) is 0 Å². The summed E-state index contributed by atoms with van der Waals surface area (Å²) in [7, 11) is 0. The molecule has 4 nitrogen and oxygen atoms in total. The lowest BCUT2D eigenvalue weighted by Gasteiger charge is -1.95. The minimum absolute atomic E-state index is 0.0497. The largest absolute Gasteiger partial charge is 0.459 e. The maximum atomic E-state index is 13.4. The third-order valence-electron chi connectivity index (χ3n) is 1.95. The summed E-state index contributed by atoms with van der Waals surface area (Å²) in [5.74, 6) is -0.817. The zero-order valence-corrected chi connectivity index (χ0v) is 9.99. The van der Waals surface area contributed by atoms with Gasteiger partial charge in [0.15, 0.2) is 11.5 Å². The maximum Gasteiger partial charge on any atom is 0.303 e. The van der Waals surface area contributed by atoms with Crippen LogP contribution in [-0.2, 0) is 16.1 Å². The highest BCUT2D eigenvalue weighted by atomic mass is 79.9. The van der Waals surface area contributed by atoms with E-state index in [9.17, 15) is 9.18 Å². The fourth-order valence-electron chi connectivity index (χ4n) is 1.32. The van der Waals surface area contributed by atoms with Crippen LogP contribution in [0.2, 0.25) is 0 Å². The van der Waals surface area contributed by atoms with Crippen LogP contribution < -0.4 is 0 Å². The molecule has 0 saturated carbocycles. The Morgan fingerprint density at radius 2 is 2.38 bits per heavy atom. The zero-order chi connectivity index (χ0) is 11.7. The van der Waals surface area contributed by atoms with Gasteiger partial charge in [-0.1, -0.05) is 0 Å². The van der Waals surface area contributed by atoms with Crippen LogP contribution in [0.4, 0.5) is 4.39 Å². The van der Waals surface area contributed by atoms with E-state index < -0.39 is 11.8 Å². The van der Waals surface area contributed by atoms with E-state index in [0.29, 0.717) is 10.2 Å². The third kappa shape index (κ3) is 2.21. The molecule has 2 aromatic heterocycles. The molecule has 0 aliphatic carbocycles. The number of rotatable bonds is 2. The van der Waals surface area contributed by atoms with Crippen molar-refractivity contribution in [2.75, 3.05) is 0 Å². The number of imidazole rings is 1. The Hall–Kier alpha value is -1.43. The Kier molecular flexibility index (Phi) is 2.91. The van der Waals surface area contributed by atoms with Gasteiger partial charge in [0.2, 0.25) is 0 Å². The van der Waals surface area contributed by atoms with Crippen molar-refractivity contribution in [1.29, 1.82) is 0 Å². The van der Waals surface area contributed by atoms with Gasteiger partial charge < -0.3 is 9.14 Å². The number of ether oxygens (including phenoxy) is 1. The van der Waals surface area contributed by atoms with Crippen LogP contribution in [0.1, 0.15) is 12.6 Å². The minimum atomic E-state index is -0.427. The highest BCUT2D eigenvalue weighted by molar-refractivity contribution is 9.10. The van der Waals surface area contributed by atoms with Gasteiger partial charge in [-0.15, -0.1) is 0 Å². The first-order valence-corrected chi connectivity index (χ1v) is 5.31. The second kappa shape index (κ2) is 4.21. The Balaban J connectivity index is 2.36. The van der Waals surface area contributed by atoms with Gasteiger partial charge in [0.05, 0.1) is 5.69 Å². The molecule has 2 aromatic rings. The average Bonchev–Trinajstić information content (AvgIpc) is 2.57. The topological polar surface area (TPSA) is 43.6 Å². The van der Waals surface area contributed by atoms with Crippen LogP contribution in [0, 0.1) is 5.82 Å². The molecule has 0 bridgehead atoms. The molecule has 6 heteroatoms. The summed E-state index contributed by atoms with van der Waals surface area (Å²) in [5.41, 5.74) is 0.720. The number of halogens is 2. The standard InChI is InChI=1S/C10H8BrFN2O2/c1-6(15)16-5-8-4-14-3-7(11)2-9(12)10(14)13-8/h2-4H,5H2,1H3. The quantitative estimate of drug-likeness (QED) is 0.796. The number of esters is 1. The number of hydrogen-bond acceptors (Lipinski definition) is 3. The van der Waals surface area contributed by atoms with Gasteiger partial charge >= 0.3 is 5.97 Å². The van der Waals surface area contributed by atoms with E-state index in [1.165, 1.54) is 17.4 Å². The van der Waals surface area contributed by atoms with Crippen LogP contribution in [-0.4, -0.2) is 15.4 Å². The lowest BCUT2D eigenvalue weighted by molar-refractivity contribution is -0.142. The van der Waals surface area contributed by atoms with Crippen molar-refractivity contribution >= 4 is 27.5 Å². The number of fused-ring (bicyclic) bond motifs is 1. The molecule has 84 valence electrons. The predicted molar refractivity (Wildman–Crippen MR) is 58.3 cm³/mol. The molecule has 2 heterocycles. The van der Waals surface area contributed by atoms with Crippen molar-refractivity contribution in [3.8, 4) is 0 Å². The summed E-state index contributed by atoms with van der Waals surface area (Å²) < 4.78 is 20.4. The number of nitrogens with zero attached hydrogens (tertiary/aromatic N) is 2. The van der Waals surface area contributed by atoms with Crippen molar-refractivity contribution in [3.63, 3.8) is 0 Å². The summed E-state index contributed by atoms with van der Waals surface area (Å²) in [5, 5.41) is 0. The monoisotopic (exact) mass is 286 g/mol. The fourth-order valence-corrected chi connectivity index (χ4v) is 1.74. The molecule has 0 atom stereocenters. The normalized spacial score (nSPS) is 10.7. The molecule has 0 aliphatic heterocycles. The molecular formula is C10H8BrFN2O2. The van der Waals surface area contributed by atoms with Crippen molar-refractivity contribution < 1.29 is 13.9 Å². The van der Waals surface area contributed by atoms with E-state index in [1.807, 2.05) is 0 Å². The number of pyridine rings is 1. The number of hydrogen-bond donors (Lipinski definition) is 0. The lowest BCUT2D eigenvalue weighted by Crippen LogP contribution is -1.98. The molecule has 16 heavy (non-hydrogen) atoms. The maximum absolute atomic E-state index is 13.4. The Bertz CT molecular complexity index is 553. The van der Waals surface area contributed by atoms with Gasteiger partial charge in [0.1, 0.15) is 6.61 Å². The van der Waals surface area contributed by atoms with Gasteiger partial charge in [0, 0.05) is 23.8 Å². The van der Waals surface area contributed by atoms with E-state index >= 15 is 0 Å². The highest BCUT2D eigenvalue weighted by Crippen LogP contribution is 2.16. The van der Waals surface area contributed by atoms with Crippen molar-refractivity contribution in [2.45, 2.75) is 13.5 Å². The Morgan fingerprint density at radius 3 is 3.06 bits per heavy atom. The van der Waals surface area contributed by atoms with Gasteiger partial charge in [-0.3, -0.25) is 4.79 Å². The first-order chi connectivity index (χ1) is 7.56. The van der Waals surface area contributed by atoms with Crippen molar-refractivity contribution in [2.24, 2.45) is 0 Å². The first kappa shape index (κ1) is 11.1. The molecule has 0 unspecified atom stereocenters. The third-order valence-corrected chi connectivity index (χ3v) is 2.38. The molecule has 0 amide bonds. The van der Waals surface area contributed by atoms with E-state index in [4.69, 9.17) is 4.74 Å². The SMILES string of the molecule is CC(=O)OCc1cn2cc(Br)cc(F)c2n1. The van der Waals surface area contributed by atoms with E-state index in [2.05, 4.69) is 20.9 Å². The van der Waals surface area contributed by atoms with Gasteiger partial charge in [0.25, 0.3) is 0 Å². The molecular weight excluding hydrogens is 279 g/mol. The fraction of sp³-hybridized carbons (Fsp3) is 0.200. The zero-order valence-electron chi connectivity index (χ0n) is 8.41. The van der Waals surface area contributed by atoms with Crippen LogP contribution >= 0.6 is 15.9 Å². The summed E-state index contributed by atoms with van der Waals surface area (Å²) >= 11 is 3.18. The second-order valence-electron chi connectivity index (χ2n) is 3.25. The molecule has 2 rings (SSSR count).